The Balaban J connectivity index is 2.97. The first-order chi connectivity index (χ1) is 7.10. The first-order valence-electron chi connectivity index (χ1n) is 4.35. The first-order valence-corrected chi connectivity index (χ1v) is 4.35. The van der Waals surface area contributed by atoms with E-state index in [-0.39, 0.29) is 5.91 Å². The minimum absolute atomic E-state index is 0.258. The van der Waals surface area contributed by atoms with Crippen molar-refractivity contribution in [3.63, 3.8) is 0 Å². The Morgan fingerprint density at radius 1 is 1.40 bits per heavy atom. The molecule has 15 heavy (non-hydrogen) atoms. The van der Waals surface area contributed by atoms with Gasteiger partial charge >= 0.3 is 0 Å². The van der Waals surface area contributed by atoms with Crippen LogP contribution in [0.4, 0.5) is 5.69 Å². The van der Waals surface area contributed by atoms with Gasteiger partial charge in [0.2, 0.25) is 0 Å². The summed E-state index contributed by atoms with van der Waals surface area (Å²) in [6, 6.07) is 4.83. The topological polar surface area (TPSA) is 64.8 Å². The van der Waals surface area contributed by atoms with Crippen molar-refractivity contribution in [1.82, 2.24) is 5.06 Å². The van der Waals surface area contributed by atoms with E-state index < -0.39 is 0 Å². The molecule has 0 aliphatic rings. The maximum absolute atomic E-state index is 11.6. The first kappa shape index (κ1) is 11.3. The van der Waals surface area contributed by atoms with Crippen LogP contribution in [0.3, 0.4) is 0 Å². The number of nitrogens with zero attached hydrogens (tertiary/aromatic N) is 1. The normalized spacial score (nSPS) is 9.80. The smallest absolute Gasteiger partial charge is 0.277 e. The molecule has 0 fully saturated rings. The summed E-state index contributed by atoms with van der Waals surface area (Å²) in [7, 11) is 4.47. The maximum Gasteiger partial charge on any atom is 0.277 e. The SMILES string of the molecule is COc1ccc(C(=O)N(C)OC)cc1N. The second-order valence-corrected chi connectivity index (χ2v) is 2.94. The van der Waals surface area contributed by atoms with E-state index in [1.165, 1.54) is 21.3 Å². The van der Waals surface area contributed by atoms with Gasteiger partial charge < -0.3 is 10.5 Å². The van der Waals surface area contributed by atoms with Crippen molar-refractivity contribution >= 4 is 11.6 Å². The fourth-order valence-corrected chi connectivity index (χ4v) is 1.13. The van der Waals surface area contributed by atoms with Gasteiger partial charge in [-0.15, -0.1) is 0 Å². The zero-order valence-corrected chi connectivity index (χ0v) is 8.98. The van der Waals surface area contributed by atoms with Crippen molar-refractivity contribution < 1.29 is 14.4 Å². The number of carbonyl (C=O) groups is 1. The highest BCUT2D eigenvalue weighted by Gasteiger charge is 2.12. The fourth-order valence-electron chi connectivity index (χ4n) is 1.13. The molecule has 0 unspecified atom stereocenters. The highest BCUT2D eigenvalue weighted by molar-refractivity contribution is 5.94. The van der Waals surface area contributed by atoms with Crippen LogP contribution < -0.4 is 10.5 Å². The number of nitrogens with two attached hydrogens (primary N) is 1. The number of rotatable bonds is 3. The third-order valence-corrected chi connectivity index (χ3v) is 2.04. The molecule has 5 nitrogen and oxygen atoms in total. The second kappa shape index (κ2) is 4.65. The number of ether oxygens (including phenoxy) is 1. The third-order valence-electron chi connectivity index (χ3n) is 2.04. The number of carbonyl (C=O) groups excluding carboxylic acids is 1. The van der Waals surface area contributed by atoms with Crippen LogP contribution in [-0.4, -0.2) is 32.2 Å². The summed E-state index contributed by atoms with van der Waals surface area (Å²) in [5.41, 5.74) is 6.55. The molecular formula is C10H14N2O3. The average molecular weight is 210 g/mol. The molecule has 0 spiro atoms. The Hall–Kier alpha value is -1.75. The molecule has 0 atom stereocenters. The molecule has 2 N–H and O–H groups in total. The second-order valence-electron chi connectivity index (χ2n) is 2.94. The van der Waals surface area contributed by atoms with E-state index in [0.29, 0.717) is 17.0 Å². The Morgan fingerprint density at radius 2 is 2.07 bits per heavy atom. The van der Waals surface area contributed by atoms with Crippen LogP contribution in [0.2, 0.25) is 0 Å². The standard InChI is InChI=1S/C10H14N2O3/c1-12(15-3)10(13)7-4-5-9(14-2)8(11)6-7/h4-6H,11H2,1-3H3. The lowest BCUT2D eigenvalue weighted by Crippen LogP contribution is -2.25. The Bertz CT molecular complexity index is 366. The minimum atomic E-state index is -0.258. The predicted molar refractivity (Wildman–Crippen MR) is 56.5 cm³/mol. The van der Waals surface area contributed by atoms with Crippen LogP contribution >= 0.6 is 0 Å². The van der Waals surface area contributed by atoms with Crippen molar-refractivity contribution in [2.75, 3.05) is 27.0 Å². The van der Waals surface area contributed by atoms with E-state index in [4.69, 9.17) is 15.3 Å². The molecule has 0 saturated heterocycles. The van der Waals surface area contributed by atoms with Crippen molar-refractivity contribution in [2.24, 2.45) is 0 Å². The van der Waals surface area contributed by atoms with Crippen LogP contribution in [0.1, 0.15) is 10.4 Å². The molecule has 0 aliphatic carbocycles. The summed E-state index contributed by atoms with van der Waals surface area (Å²) in [6.07, 6.45) is 0. The lowest BCUT2D eigenvalue weighted by molar-refractivity contribution is -0.0756. The summed E-state index contributed by atoms with van der Waals surface area (Å²) >= 11 is 0. The number of hydrogen-bond acceptors (Lipinski definition) is 4. The third kappa shape index (κ3) is 2.38. The summed E-state index contributed by atoms with van der Waals surface area (Å²) in [4.78, 5) is 16.4. The van der Waals surface area contributed by atoms with Crippen LogP contribution in [0.5, 0.6) is 5.75 Å². The van der Waals surface area contributed by atoms with Crippen LogP contribution in [0, 0.1) is 0 Å². The zero-order valence-electron chi connectivity index (χ0n) is 8.98. The van der Waals surface area contributed by atoms with Crippen molar-refractivity contribution in [3.8, 4) is 5.75 Å². The number of nitrogen functional groups attached to an aromatic ring is 1. The van der Waals surface area contributed by atoms with Crippen molar-refractivity contribution in [1.29, 1.82) is 0 Å². The monoisotopic (exact) mass is 210 g/mol. The van der Waals surface area contributed by atoms with E-state index in [1.54, 1.807) is 18.2 Å². The lowest BCUT2D eigenvalue weighted by atomic mass is 10.2. The quantitative estimate of drug-likeness (QED) is 0.595. The van der Waals surface area contributed by atoms with E-state index in [0.717, 1.165) is 5.06 Å². The number of benzene rings is 1. The molecule has 0 bridgehead atoms. The molecule has 0 heterocycles. The molecule has 0 aromatic heterocycles. The van der Waals surface area contributed by atoms with Crippen molar-refractivity contribution in [2.45, 2.75) is 0 Å². The molecular weight excluding hydrogens is 196 g/mol. The van der Waals surface area contributed by atoms with Gasteiger partial charge in [-0.25, -0.2) is 5.06 Å². The van der Waals surface area contributed by atoms with Gasteiger partial charge in [-0.2, -0.15) is 0 Å². The molecule has 1 aromatic rings. The minimum Gasteiger partial charge on any atom is -0.495 e. The van der Waals surface area contributed by atoms with E-state index >= 15 is 0 Å². The van der Waals surface area contributed by atoms with Gasteiger partial charge in [-0.1, -0.05) is 0 Å². The van der Waals surface area contributed by atoms with E-state index in [1.807, 2.05) is 0 Å². The molecule has 1 amide bonds. The summed E-state index contributed by atoms with van der Waals surface area (Å²) in [5, 5.41) is 1.13. The number of hydrogen-bond donors (Lipinski definition) is 1. The van der Waals surface area contributed by atoms with Crippen LogP contribution in [0.25, 0.3) is 0 Å². The molecule has 0 radical (unpaired) electrons. The van der Waals surface area contributed by atoms with Crippen LogP contribution in [0.15, 0.2) is 18.2 Å². The molecule has 5 heteroatoms. The average Bonchev–Trinajstić information content (AvgIpc) is 2.26. The van der Waals surface area contributed by atoms with Gasteiger partial charge in [0.25, 0.3) is 5.91 Å². The number of anilines is 1. The molecule has 0 aliphatic heterocycles. The molecule has 0 saturated carbocycles. The number of amides is 1. The van der Waals surface area contributed by atoms with Gasteiger partial charge in [0.15, 0.2) is 0 Å². The number of hydroxylamine groups is 2. The van der Waals surface area contributed by atoms with Gasteiger partial charge in [0, 0.05) is 12.6 Å². The van der Waals surface area contributed by atoms with E-state index in [2.05, 4.69) is 0 Å². The van der Waals surface area contributed by atoms with Crippen LogP contribution in [-0.2, 0) is 4.84 Å². The van der Waals surface area contributed by atoms with Crippen molar-refractivity contribution in [3.05, 3.63) is 23.8 Å². The summed E-state index contributed by atoms with van der Waals surface area (Å²) in [5.74, 6) is 0.290. The lowest BCUT2D eigenvalue weighted by Gasteiger charge is -2.14. The Labute approximate surface area is 88.3 Å². The Morgan fingerprint density at radius 3 is 2.53 bits per heavy atom. The van der Waals surface area contributed by atoms with Gasteiger partial charge in [0.1, 0.15) is 5.75 Å². The Kier molecular flexibility index (Phi) is 3.51. The largest absolute Gasteiger partial charge is 0.495 e. The van der Waals surface area contributed by atoms with Gasteiger partial charge in [-0.3, -0.25) is 9.63 Å². The summed E-state index contributed by atoms with van der Waals surface area (Å²) in [6.45, 7) is 0. The highest BCUT2D eigenvalue weighted by atomic mass is 16.7. The molecule has 82 valence electrons. The molecule has 1 aromatic carbocycles. The zero-order chi connectivity index (χ0) is 11.4. The van der Waals surface area contributed by atoms with E-state index in [9.17, 15) is 4.79 Å². The number of methoxy groups -OCH3 is 1. The van der Waals surface area contributed by atoms with Gasteiger partial charge in [-0.05, 0) is 18.2 Å². The molecule has 1 rings (SSSR count). The predicted octanol–water partition coefficient (Wildman–Crippen LogP) is 0.911. The fraction of sp³-hybridized carbons (Fsp3) is 0.300. The highest BCUT2D eigenvalue weighted by Crippen LogP contribution is 2.22. The van der Waals surface area contributed by atoms with Gasteiger partial charge in [0.05, 0.1) is 19.9 Å². The maximum atomic E-state index is 11.6. The summed E-state index contributed by atoms with van der Waals surface area (Å²) < 4.78 is 4.99.